The fraction of sp³-hybridized carbons (Fsp3) is 0.500. The molecule has 0 spiro atoms. The third-order valence-corrected chi connectivity index (χ3v) is 4.23. The Morgan fingerprint density at radius 2 is 1.76 bits per heavy atom. The third-order valence-electron chi connectivity index (χ3n) is 4.23. The van der Waals surface area contributed by atoms with E-state index in [1.165, 1.54) is 16.8 Å². The minimum atomic E-state index is -0.864. The largest absolute Gasteiger partial charge is 0.478 e. The van der Waals surface area contributed by atoms with Gasteiger partial charge in [0.2, 0.25) is 0 Å². The van der Waals surface area contributed by atoms with Crippen LogP contribution in [-0.4, -0.2) is 15.6 Å². The number of nitrogens with zero attached hydrogens (tertiary/aromatic N) is 1. The van der Waals surface area contributed by atoms with Crippen LogP contribution in [0.15, 0.2) is 12.1 Å². The summed E-state index contributed by atoms with van der Waals surface area (Å²) in [5, 5.41) is 10.5. The van der Waals surface area contributed by atoms with Crippen molar-refractivity contribution in [3.63, 3.8) is 0 Å². The number of aromatic nitrogens is 1. The van der Waals surface area contributed by atoms with Gasteiger partial charge in [0, 0.05) is 17.1 Å². The van der Waals surface area contributed by atoms with Gasteiger partial charge in [0.15, 0.2) is 0 Å². The summed E-state index contributed by atoms with van der Waals surface area (Å²) < 4.78 is 2.33. The van der Waals surface area contributed by atoms with Crippen molar-refractivity contribution in [1.29, 1.82) is 0 Å². The third kappa shape index (κ3) is 2.45. The van der Waals surface area contributed by atoms with Gasteiger partial charge in [-0.3, -0.25) is 0 Å². The first-order valence-electron chi connectivity index (χ1n) is 7.44. The molecule has 0 aliphatic heterocycles. The van der Waals surface area contributed by atoms with Gasteiger partial charge in [-0.25, -0.2) is 4.79 Å². The van der Waals surface area contributed by atoms with Crippen LogP contribution >= 0.6 is 0 Å². The molecule has 1 heterocycles. The van der Waals surface area contributed by atoms with Crippen molar-refractivity contribution >= 4 is 16.9 Å². The Balaban J connectivity index is 3.03. The van der Waals surface area contributed by atoms with E-state index in [0.29, 0.717) is 11.6 Å². The molecule has 0 atom stereocenters. The maximum atomic E-state index is 11.5. The highest BCUT2D eigenvalue weighted by Crippen LogP contribution is 2.37. The number of carbonyl (C=O) groups is 1. The van der Waals surface area contributed by atoms with E-state index < -0.39 is 5.97 Å². The molecule has 3 nitrogen and oxygen atoms in total. The number of hydrogen-bond acceptors (Lipinski definition) is 1. The first kappa shape index (κ1) is 15.6. The lowest BCUT2D eigenvalue weighted by molar-refractivity contribution is 0.0697. The quantitative estimate of drug-likeness (QED) is 0.859. The van der Waals surface area contributed by atoms with Crippen LogP contribution in [0.25, 0.3) is 10.9 Å². The average molecular weight is 287 g/mol. The summed E-state index contributed by atoms with van der Waals surface area (Å²) in [6.07, 6.45) is 0. The second-order valence-electron chi connectivity index (χ2n) is 7.15. The van der Waals surface area contributed by atoms with E-state index in [9.17, 15) is 9.90 Å². The van der Waals surface area contributed by atoms with E-state index in [1.54, 1.807) is 0 Å². The number of rotatable bonds is 2. The van der Waals surface area contributed by atoms with Crippen molar-refractivity contribution in [2.24, 2.45) is 0 Å². The van der Waals surface area contributed by atoms with Crippen LogP contribution in [0.5, 0.6) is 0 Å². The van der Waals surface area contributed by atoms with Crippen LogP contribution < -0.4 is 0 Å². The summed E-state index contributed by atoms with van der Waals surface area (Å²) in [6, 6.07) is 3.99. The van der Waals surface area contributed by atoms with Gasteiger partial charge in [0.05, 0.1) is 11.1 Å². The second kappa shape index (κ2) is 4.90. The van der Waals surface area contributed by atoms with Crippen LogP contribution in [-0.2, 0) is 5.41 Å². The van der Waals surface area contributed by atoms with E-state index in [2.05, 4.69) is 53.0 Å². The summed E-state index contributed by atoms with van der Waals surface area (Å²) in [7, 11) is 0. The first-order chi connectivity index (χ1) is 9.55. The number of fused-ring (bicyclic) bond motifs is 1. The molecule has 1 N–H and O–H groups in total. The lowest BCUT2D eigenvalue weighted by Gasteiger charge is -2.24. The molecule has 1 aromatic carbocycles. The van der Waals surface area contributed by atoms with Crippen molar-refractivity contribution in [3.8, 4) is 0 Å². The standard InChI is InChI=1S/C18H25NO2/c1-10(2)19-12(4)11(3)14-8-13(17(20)21)9-15(16(14)19)18(5,6)7/h8-10H,1-7H3,(H,20,21). The van der Waals surface area contributed by atoms with E-state index >= 15 is 0 Å². The second-order valence-corrected chi connectivity index (χ2v) is 7.15. The lowest BCUT2D eigenvalue weighted by Crippen LogP contribution is -2.16. The van der Waals surface area contributed by atoms with Gasteiger partial charge < -0.3 is 9.67 Å². The zero-order valence-corrected chi connectivity index (χ0v) is 14.0. The molecule has 0 radical (unpaired) electrons. The fourth-order valence-corrected chi connectivity index (χ4v) is 3.06. The number of carboxylic acid groups (broad SMARTS) is 1. The number of carboxylic acids is 1. The molecule has 2 rings (SSSR count). The van der Waals surface area contributed by atoms with Crippen molar-refractivity contribution in [1.82, 2.24) is 4.57 Å². The Hall–Kier alpha value is -1.77. The molecule has 0 amide bonds. The maximum Gasteiger partial charge on any atom is 0.335 e. The number of hydrogen-bond donors (Lipinski definition) is 1. The highest BCUT2D eigenvalue weighted by atomic mass is 16.4. The molecule has 0 aliphatic rings. The molecule has 0 unspecified atom stereocenters. The van der Waals surface area contributed by atoms with Gasteiger partial charge in [-0.2, -0.15) is 0 Å². The van der Waals surface area contributed by atoms with Gasteiger partial charge in [0.25, 0.3) is 0 Å². The normalized spacial score (nSPS) is 12.4. The number of benzene rings is 1. The van der Waals surface area contributed by atoms with Gasteiger partial charge >= 0.3 is 5.97 Å². The lowest BCUT2D eigenvalue weighted by atomic mass is 9.84. The minimum absolute atomic E-state index is 0.104. The summed E-state index contributed by atoms with van der Waals surface area (Å²) in [6.45, 7) is 14.9. The van der Waals surface area contributed by atoms with Crippen molar-refractivity contribution in [3.05, 3.63) is 34.5 Å². The molecule has 21 heavy (non-hydrogen) atoms. The van der Waals surface area contributed by atoms with Crippen LogP contribution in [0.1, 0.15) is 67.8 Å². The van der Waals surface area contributed by atoms with Crippen molar-refractivity contribution in [2.45, 2.75) is 59.9 Å². The molecule has 0 bridgehead atoms. The molecule has 0 saturated carbocycles. The molecule has 0 aliphatic carbocycles. The smallest absolute Gasteiger partial charge is 0.335 e. The summed E-state index contributed by atoms with van der Waals surface area (Å²) in [5.41, 5.74) is 4.93. The topological polar surface area (TPSA) is 42.2 Å². The van der Waals surface area contributed by atoms with E-state index in [4.69, 9.17) is 0 Å². The van der Waals surface area contributed by atoms with Crippen LogP contribution in [0, 0.1) is 13.8 Å². The number of aryl methyl sites for hydroxylation is 1. The SMILES string of the molecule is Cc1c(C)n(C(C)C)c2c(C(C)(C)C)cc(C(=O)O)cc12. The van der Waals surface area contributed by atoms with Gasteiger partial charge in [0.1, 0.15) is 0 Å². The Labute approximate surface area is 126 Å². The summed E-state index contributed by atoms with van der Waals surface area (Å²) in [4.78, 5) is 11.5. The zero-order chi connectivity index (χ0) is 16.1. The predicted octanol–water partition coefficient (Wildman–Crippen LogP) is 4.83. The summed E-state index contributed by atoms with van der Waals surface area (Å²) >= 11 is 0. The van der Waals surface area contributed by atoms with E-state index in [0.717, 1.165) is 10.9 Å². The fourth-order valence-electron chi connectivity index (χ4n) is 3.06. The van der Waals surface area contributed by atoms with Crippen LogP contribution in [0.3, 0.4) is 0 Å². The monoisotopic (exact) mass is 287 g/mol. The molecule has 0 fully saturated rings. The Kier molecular flexibility index (Phi) is 3.64. The average Bonchev–Trinajstić information content (AvgIpc) is 2.60. The molecule has 1 aromatic heterocycles. The van der Waals surface area contributed by atoms with Crippen molar-refractivity contribution in [2.75, 3.05) is 0 Å². The predicted molar refractivity (Wildman–Crippen MR) is 87.5 cm³/mol. The number of aromatic carboxylic acids is 1. The minimum Gasteiger partial charge on any atom is -0.478 e. The molecular formula is C18H25NO2. The molecule has 114 valence electrons. The molecular weight excluding hydrogens is 262 g/mol. The Morgan fingerprint density at radius 1 is 1.19 bits per heavy atom. The van der Waals surface area contributed by atoms with Crippen LogP contribution in [0.4, 0.5) is 0 Å². The summed E-state index contributed by atoms with van der Waals surface area (Å²) in [5.74, 6) is -0.864. The Bertz CT molecular complexity index is 715. The zero-order valence-electron chi connectivity index (χ0n) is 14.0. The highest BCUT2D eigenvalue weighted by molar-refractivity contribution is 5.97. The van der Waals surface area contributed by atoms with E-state index in [-0.39, 0.29) is 5.41 Å². The van der Waals surface area contributed by atoms with Crippen LogP contribution in [0.2, 0.25) is 0 Å². The maximum absolute atomic E-state index is 11.5. The van der Waals surface area contributed by atoms with Gasteiger partial charge in [-0.1, -0.05) is 20.8 Å². The molecule has 3 heteroatoms. The highest BCUT2D eigenvalue weighted by Gasteiger charge is 2.25. The van der Waals surface area contributed by atoms with E-state index in [1.807, 2.05) is 12.1 Å². The molecule has 0 saturated heterocycles. The Morgan fingerprint density at radius 3 is 2.19 bits per heavy atom. The van der Waals surface area contributed by atoms with Gasteiger partial charge in [-0.15, -0.1) is 0 Å². The van der Waals surface area contributed by atoms with Gasteiger partial charge in [-0.05, 0) is 56.4 Å². The van der Waals surface area contributed by atoms with Crippen molar-refractivity contribution < 1.29 is 9.90 Å². The molecule has 2 aromatic rings. The first-order valence-corrected chi connectivity index (χ1v) is 7.44.